The molecule has 0 radical (unpaired) electrons. The molecule has 1 heterocycles. The van der Waals surface area contributed by atoms with Crippen molar-refractivity contribution in [1.29, 1.82) is 0 Å². The van der Waals surface area contributed by atoms with Crippen molar-refractivity contribution < 1.29 is 14.3 Å². The summed E-state index contributed by atoms with van der Waals surface area (Å²) < 4.78 is 9.96. The van der Waals surface area contributed by atoms with Gasteiger partial charge in [0, 0.05) is 19.6 Å². The predicted molar refractivity (Wildman–Crippen MR) is 44.7 cm³/mol. The lowest BCUT2D eigenvalue weighted by Crippen LogP contribution is -2.03. The summed E-state index contributed by atoms with van der Waals surface area (Å²) in [6.07, 6.45) is 2.41. The Morgan fingerprint density at radius 1 is 1.83 bits per heavy atom. The van der Waals surface area contributed by atoms with Crippen LogP contribution in [0.2, 0.25) is 0 Å². The number of carbonyl (C=O) groups is 1. The van der Waals surface area contributed by atoms with E-state index >= 15 is 0 Å². The van der Waals surface area contributed by atoms with E-state index in [0.29, 0.717) is 5.92 Å². The third-order valence-corrected chi connectivity index (χ3v) is 1.71. The van der Waals surface area contributed by atoms with Crippen LogP contribution in [0, 0.1) is 5.92 Å². The largest absolute Gasteiger partial charge is 0.498 e. The predicted octanol–water partition coefficient (Wildman–Crippen LogP) is 1.14. The van der Waals surface area contributed by atoms with Crippen molar-refractivity contribution >= 4 is 5.78 Å². The zero-order valence-electron chi connectivity index (χ0n) is 7.50. The molecular weight excluding hydrogens is 156 g/mol. The fraction of sp³-hybridized carbons (Fsp3) is 0.667. The van der Waals surface area contributed by atoms with Crippen LogP contribution in [-0.4, -0.2) is 26.1 Å². The first-order valence-electron chi connectivity index (χ1n) is 4.07. The van der Waals surface area contributed by atoms with Crippen LogP contribution in [0.4, 0.5) is 0 Å². The van der Waals surface area contributed by atoms with E-state index in [1.807, 2.05) is 0 Å². The second-order valence-corrected chi connectivity index (χ2v) is 3.13. The molecule has 0 aliphatic carbocycles. The van der Waals surface area contributed by atoms with Gasteiger partial charge in [-0.25, -0.2) is 0 Å². The second kappa shape index (κ2) is 4.26. The summed E-state index contributed by atoms with van der Waals surface area (Å²) in [5, 5.41) is 0. The topological polar surface area (TPSA) is 35.5 Å². The fourth-order valence-corrected chi connectivity index (χ4v) is 1.17. The first-order chi connectivity index (χ1) is 5.72. The number of ether oxygens (including phenoxy) is 2. The zero-order chi connectivity index (χ0) is 8.97. The minimum atomic E-state index is -0.0263. The summed E-state index contributed by atoms with van der Waals surface area (Å²) >= 11 is 0. The van der Waals surface area contributed by atoms with Crippen LogP contribution < -0.4 is 0 Å². The second-order valence-electron chi connectivity index (χ2n) is 3.13. The van der Waals surface area contributed by atoms with E-state index in [9.17, 15) is 4.79 Å². The minimum absolute atomic E-state index is 0.0263. The van der Waals surface area contributed by atoms with Crippen molar-refractivity contribution in [2.75, 3.05) is 20.3 Å². The van der Waals surface area contributed by atoms with Gasteiger partial charge >= 0.3 is 0 Å². The number of methoxy groups -OCH3 is 1. The third-order valence-electron chi connectivity index (χ3n) is 1.71. The van der Waals surface area contributed by atoms with E-state index in [1.165, 1.54) is 13.2 Å². The number of hydrogen-bond donors (Lipinski definition) is 0. The van der Waals surface area contributed by atoms with E-state index in [2.05, 4.69) is 6.92 Å². The molecule has 1 atom stereocenters. The molecule has 1 fully saturated rings. The number of ketones is 1. The molecule has 3 nitrogen and oxygen atoms in total. The third kappa shape index (κ3) is 2.66. The molecule has 1 aliphatic rings. The van der Waals surface area contributed by atoms with Gasteiger partial charge in [-0.1, -0.05) is 6.92 Å². The van der Waals surface area contributed by atoms with Crippen LogP contribution in [0.1, 0.15) is 13.3 Å². The maximum Gasteiger partial charge on any atom is 0.184 e. The summed E-state index contributed by atoms with van der Waals surface area (Å²) in [5.74, 6) is 1.30. The van der Waals surface area contributed by atoms with Gasteiger partial charge in [0.2, 0.25) is 0 Å². The van der Waals surface area contributed by atoms with Gasteiger partial charge in [0.05, 0.1) is 12.4 Å². The summed E-state index contributed by atoms with van der Waals surface area (Å²) in [5.41, 5.74) is 0. The molecule has 0 spiro atoms. The fourth-order valence-electron chi connectivity index (χ4n) is 1.17. The van der Waals surface area contributed by atoms with E-state index < -0.39 is 0 Å². The highest BCUT2D eigenvalue weighted by molar-refractivity contribution is 5.91. The molecule has 68 valence electrons. The van der Waals surface area contributed by atoms with E-state index in [4.69, 9.17) is 9.47 Å². The summed E-state index contributed by atoms with van der Waals surface area (Å²) in [4.78, 5) is 11.0. The molecule has 1 saturated heterocycles. The van der Waals surface area contributed by atoms with Crippen molar-refractivity contribution in [3.8, 4) is 0 Å². The maximum atomic E-state index is 11.0. The Hall–Kier alpha value is -0.830. The van der Waals surface area contributed by atoms with Gasteiger partial charge in [-0.3, -0.25) is 4.79 Å². The lowest BCUT2D eigenvalue weighted by molar-refractivity contribution is -0.118. The van der Waals surface area contributed by atoms with E-state index in [1.54, 1.807) is 0 Å². The average molecular weight is 170 g/mol. The van der Waals surface area contributed by atoms with E-state index in [-0.39, 0.29) is 12.4 Å². The van der Waals surface area contributed by atoms with Crippen LogP contribution >= 0.6 is 0 Å². The Morgan fingerprint density at radius 2 is 2.58 bits per heavy atom. The molecule has 3 heteroatoms. The van der Waals surface area contributed by atoms with Crippen molar-refractivity contribution in [3.05, 3.63) is 11.8 Å². The van der Waals surface area contributed by atoms with Crippen LogP contribution in [-0.2, 0) is 14.3 Å². The van der Waals surface area contributed by atoms with Crippen LogP contribution in [0.5, 0.6) is 0 Å². The lowest BCUT2D eigenvalue weighted by atomic mass is 10.1. The summed E-state index contributed by atoms with van der Waals surface area (Å²) in [6.45, 7) is 2.97. The quantitative estimate of drug-likeness (QED) is 0.596. The first-order valence-corrected chi connectivity index (χ1v) is 4.07. The van der Waals surface area contributed by atoms with E-state index in [0.717, 1.165) is 18.8 Å². The molecule has 0 saturated carbocycles. The zero-order valence-corrected chi connectivity index (χ0v) is 7.50. The van der Waals surface area contributed by atoms with Crippen LogP contribution in [0.15, 0.2) is 11.8 Å². The smallest absolute Gasteiger partial charge is 0.184 e. The molecule has 1 unspecified atom stereocenters. The van der Waals surface area contributed by atoms with Crippen molar-refractivity contribution in [3.63, 3.8) is 0 Å². The van der Waals surface area contributed by atoms with Gasteiger partial charge in [0.25, 0.3) is 0 Å². The standard InChI is InChI=1S/C9H14O3/c1-7-3-9(12-5-7)4-8(10)6-11-2/h4,7H,3,5-6H2,1-2H3/b9-4+. The average Bonchev–Trinajstić information content (AvgIpc) is 2.36. The van der Waals surface area contributed by atoms with Crippen LogP contribution in [0.25, 0.3) is 0 Å². The monoisotopic (exact) mass is 170 g/mol. The Kier molecular flexibility index (Phi) is 3.29. The molecule has 12 heavy (non-hydrogen) atoms. The number of rotatable bonds is 3. The Morgan fingerprint density at radius 3 is 3.08 bits per heavy atom. The molecule has 0 N–H and O–H groups in total. The summed E-state index contributed by atoms with van der Waals surface area (Å²) in [7, 11) is 1.51. The maximum absolute atomic E-state index is 11.0. The van der Waals surface area contributed by atoms with Crippen LogP contribution in [0.3, 0.4) is 0 Å². The minimum Gasteiger partial charge on any atom is -0.498 e. The Balaban J connectivity index is 2.41. The molecule has 0 amide bonds. The van der Waals surface area contributed by atoms with Crippen molar-refractivity contribution in [2.45, 2.75) is 13.3 Å². The van der Waals surface area contributed by atoms with Gasteiger partial charge in [-0.15, -0.1) is 0 Å². The number of hydrogen-bond acceptors (Lipinski definition) is 3. The molecule has 1 aliphatic heterocycles. The van der Waals surface area contributed by atoms with Crippen molar-refractivity contribution in [1.82, 2.24) is 0 Å². The van der Waals surface area contributed by atoms with Gasteiger partial charge in [0.15, 0.2) is 5.78 Å². The summed E-state index contributed by atoms with van der Waals surface area (Å²) in [6, 6.07) is 0. The first kappa shape index (κ1) is 9.26. The Labute approximate surface area is 72.4 Å². The normalized spacial score (nSPS) is 25.8. The molecule has 1 rings (SSSR count). The molecular formula is C9H14O3. The van der Waals surface area contributed by atoms with Crippen molar-refractivity contribution in [2.24, 2.45) is 5.92 Å². The highest BCUT2D eigenvalue weighted by Crippen LogP contribution is 2.21. The van der Waals surface area contributed by atoms with Gasteiger partial charge in [-0.2, -0.15) is 0 Å². The lowest BCUT2D eigenvalue weighted by Gasteiger charge is -1.96. The highest BCUT2D eigenvalue weighted by atomic mass is 16.5. The SMILES string of the molecule is COCC(=O)/C=C1\CC(C)CO1. The van der Waals surface area contributed by atoms with Gasteiger partial charge in [0.1, 0.15) is 6.61 Å². The Bertz CT molecular complexity index is 196. The van der Waals surface area contributed by atoms with Gasteiger partial charge < -0.3 is 9.47 Å². The van der Waals surface area contributed by atoms with Gasteiger partial charge in [-0.05, 0) is 5.92 Å². The number of allylic oxidation sites excluding steroid dienone is 1. The molecule has 0 aromatic carbocycles. The highest BCUT2D eigenvalue weighted by Gasteiger charge is 2.16. The number of carbonyl (C=O) groups excluding carboxylic acids is 1. The molecule has 0 bridgehead atoms. The molecule has 0 aromatic heterocycles. The molecule has 0 aromatic rings.